The molecule has 2 aromatic carbocycles. The molecule has 5 nitrogen and oxygen atoms in total. The number of hydrogen-bond acceptors (Lipinski definition) is 5. The standard InChI is InChI=1S/C17H19NO4S.Na/c1-2-13-8-9-15-17(12-13)22-16-7-4-3-6-14(16)18(15)10-5-11-23(19,20)21;/h3-4,6-9,12H,2,5,10-11H2,1H3,(H,19,20,21);/q;+1/p-1. The van der Waals surface area contributed by atoms with Gasteiger partial charge in [-0.15, -0.1) is 0 Å². The Hall–Kier alpha value is -1.05. The number of ether oxygens (including phenoxy) is 1. The topological polar surface area (TPSA) is 69.7 Å². The van der Waals surface area contributed by atoms with Crippen LogP contribution in [0, 0.1) is 0 Å². The molecule has 0 atom stereocenters. The minimum atomic E-state index is -4.20. The van der Waals surface area contributed by atoms with Crippen LogP contribution in [0.5, 0.6) is 11.5 Å². The van der Waals surface area contributed by atoms with E-state index in [0.717, 1.165) is 29.3 Å². The fourth-order valence-electron chi connectivity index (χ4n) is 2.74. The van der Waals surface area contributed by atoms with Crippen LogP contribution in [-0.4, -0.2) is 25.3 Å². The van der Waals surface area contributed by atoms with Crippen LogP contribution in [0.2, 0.25) is 0 Å². The number of aryl methyl sites for hydroxylation is 1. The van der Waals surface area contributed by atoms with E-state index in [9.17, 15) is 13.0 Å². The Kier molecular flexibility index (Phi) is 6.33. The van der Waals surface area contributed by atoms with Gasteiger partial charge in [0, 0.05) is 12.3 Å². The Bertz CT molecular complexity index is 823. The van der Waals surface area contributed by atoms with Gasteiger partial charge in [-0.3, -0.25) is 0 Å². The van der Waals surface area contributed by atoms with E-state index in [0.29, 0.717) is 6.54 Å². The molecule has 2 aromatic rings. The maximum atomic E-state index is 10.8. The van der Waals surface area contributed by atoms with Crippen molar-refractivity contribution < 1.29 is 47.3 Å². The number of anilines is 2. The molecular formula is C17H18NNaO4S. The largest absolute Gasteiger partial charge is 1.00 e. The van der Waals surface area contributed by atoms with Crippen LogP contribution in [-0.2, 0) is 16.5 Å². The predicted octanol–water partition coefficient (Wildman–Crippen LogP) is 0.432. The van der Waals surface area contributed by atoms with Crippen molar-refractivity contribution in [3.63, 3.8) is 0 Å². The van der Waals surface area contributed by atoms with Crippen molar-refractivity contribution in [3.05, 3.63) is 48.0 Å². The summed E-state index contributed by atoms with van der Waals surface area (Å²) in [6.07, 6.45) is 1.18. The predicted molar refractivity (Wildman–Crippen MR) is 88.5 cm³/mol. The average Bonchev–Trinajstić information content (AvgIpc) is 2.52. The summed E-state index contributed by atoms with van der Waals surface area (Å²) in [6.45, 7) is 2.52. The molecular weight excluding hydrogens is 337 g/mol. The quantitative estimate of drug-likeness (QED) is 0.575. The second-order valence-corrected chi connectivity index (χ2v) is 7.02. The van der Waals surface area contributed by atoms with Crippen LogP contribution in [0.1, 0.15) is 18.9 Å². The zero-order valence-electron chi connectivity index (χ0n) is 13.9. The molecule has 0 saturated carbocycles. The van der Waals surface area contributed by atoms with E-state index in [1.165, 1.54) is 5.56 Å². The second kappa shape index (κ2) is 7.89. The van der Waals surface area contributed by atoms with Crippen LogP contribution in [0.3, 0.4) is 0 Å². The van der Waals surface area contributed by atoms with Gasteiger partial charge in [-0.1, -0.05) is 25.1 Å². The Morgan fingerprint density at radius 2 is 1.79 bits per heavy atom. The molecule has 1 heterocycles. The molecule has 0 radical (unpaired) electrons. The van der Waals surface area contributed by atoms with Crippen LogP contribution >= 0.6 is 0 Å². The summed E-state index contributed by atoms with van der Waals surface area (Å²) in [5.41, 5.74) is 2.95. The van der Waals surface area contributed by atoms with Crippen molar-refractivity contribution in [2.24, 2.45) is 0 Å². The second-order valence-electron chi connectivity index (χ2n) is 5.49. The van der Waals surface area contributed by atoms with Crippen molar-refractivity contribution in [1.29, 1.82) is 0 Å². The number of benzene rings is 2. The molecule has 0 N–H and O–H groups in total. The minimum Gasteiger partial charge on any atom is -0.748 e. The smallest absolute Gasteiger partial charge is 0.748 e. The molecule has 1 aliphatic heterocycles. The summed E-state index contributed by atoms with van der Waals surface area (Å²) in [4.78, 5) is 2.01. The molecule has 1 aliphatic rings. The summed E-state index contributed by atoms with van der Waals surface area (Å²) in [7, 11) is -4.20. The SMILES string of the molecule is CCc1ccc2c(c1)Oc1ccccc1N2CCCS(=O)(=O)[O-].[Na+]. The maximum absolute atomic E-state index is 10.8. The molecule has 3 rings (SSSR count). The number of nitrogens with zero attached hydrogens (tertiary/aromatic N) is 1. The van der Waals surface area contributed by atoms with E-state index >= 15 is 0 Å². The van der Waals surface area contributed by atoms with Crippen molar-refractivity contribution in [1.82, 2.24) is 0 Å². The first-order valence-electron chi connectivity index (χ1n) is 7.59. The average molecular weight is 355 g/mol. The number of fused-ring (bicyclic) bond motifs is 2. The van der Waals surface area contributed by atoms with E-state index in [-0.39, 0.29) is 41.7 Å². The van der Waals surface area contributed by atoms with Gasteiger partial charge in [0.25, 0.3) is 0 Å². The molecule has 0 fully saturated rings. The first kappa shape index (κ1) is 19.3. The molecule has 24 heavy (non-hydrogen) atoms. The van der Waals surface area contributed by atoms with Gasteiger partial charge in [0.1, 0.15) is 0 Å². The third-order valence-electron chi connectivity index (χ3n) is 3.88. The van der Waals surface area contributed by atoms with Crippen LogP contribution < -0.4 is 39.2 Å². The summed E-state index contributed by atoms with van der Waals surface area (Å²) >= 11 is 0. The molecule has 7 heteroatoms. The Morgan fingerprint density at radius 3 is 2.50 bits per heavy atom. The Balaban J connectivity index is 0.00000208. The Labute approximate surface area is 164 Å². The van der Waals surface area contributed by atoms with Crippen LogP contribution in [0.4, 0.5) is 11.4 Å². The third-order valence-corrected chi connectivity index (χ3v) is 4.66. The van der Waals surface area contributed by atoms with E-state index in [4.69, 9.17) is 4.74 Å². The fourth-order valence-corrected chi connectivity index (χ4v) is 3.22. The number of hydrogen-bond donors (Lipinski definition) is 0. The molecule has 0 saturated heterocycles. The Morgan fingerprint density at radius 1 is 1.08 bits per heavy atom. The monoisotopic (exact) mass is 355 g/mol. The molecule has 122 valence electrons. The van der Waals surface area contributed by atoms with Crippen molar-refractivity contribution in [2.45, 2.75) is 19.8 Å². The van der Waals surface area contributed by atoms with Gasteiger partial charge in [-0.25, -0.2) is 8.42 Å². The summed E-state index contributed by atoms with van der Waals surface area (Å²) < 4.78 is 38.5. The maximum Gasteiger partial charge on any atom is 1.00 e. The van der Waals surface area contributed by atoms with Gasteiger partial charge in [-0.05, 0) is 42.7 Å². The van der Waals surface area contributed by atoms with Crippen LogP contribution in [0.15, 0.2) is 42.5 Å². The van der Waals surface area contributed by atoms with Gasteiger partial charge >= 0.3 is 29.6 Å². The van der Waals surface area contributed by atoms with E-state index < -0.39 is 10.1 Å². The van der Waals surface area contributed by atoms with Gasteiger partial charge < -0.3 is 14.2 Å². The third kappa shape index (κ3) is 4.32. The zero-order chi connectivity index (χ0) is 16.4. The summed E-state index contributed by atoms with van der Waals surface area (Å²) in [5, 5.41) is 0. The van der Waals surface area contributed by atoms with E-state index in [1.807, 2.05) is 47.4 Å². The molecule has 0 aliphatic carbocycles. The van der Waals surface area contributed by atoms with Gasteiger partial charge in [0.05, 0.1) is 21.5 Å². The van der Waals surface area contributed by atoms with Gasteiger partial charge in [-0.2, -0.15) is 0 Å². The molecule has 0 spiro atoms. The summed E-state index contributed by atoms with van der Waals surface area (Å²) in [6, 6.07) is 13.6. The number of rotatable bonds is 5. The zero-order valence-corrected chi connectivity index (χ0v) is 16.7. The van der Waals surface area contributed by atoms with Crippen molar-refractivity contribution >= 4 is 21.5 Å². The fraction of sp³-hybridized carbons (Fsp3) is 0.294. The van der Waals surface area contributed by atoms with E-state index in [2.05, 4.69) is 6.92 Å². The van der Waals surface area contributed by atoms with Gasteiger partial charge in [0.2, 0.25) is 0 Å². The van der Waals surface area contributed by atoms with Crippen molar-refractivity contribution in [2.75, 3.05) is 17.2 Å². The first-order chi connectivity index (χ1) is 11.0. The summed E-state index contributed by atoms with van der Waals surface area (Å²) in [5.74, 6) is 1.13. The molecule has 0 bridgehead atoms. The normalized spacial score (nSPS) is 12.7. The van der Waals surface area contributed by atoms with Crippen molar-refractivity contribution in [3.8, 4) is 11.5 Å². The van der Waals surface area contributed by atoms with E-state index in [1.54, 1.807) is 0 Å². The van der Waals surface area contributed by atoms with Gasteiger partial charge in [0.15, 0.2) is 11.5 Å². The molecule has 0 aromatic heterocycles. The minimum absolute atomic E-state index is 0. The van der Waals surface area contributed by atoms with Crippen LogP contribution in [0.25, 0.3) is 0 Å². The first-order valence-corrected chi connectivity index (χ1v) is 9.16. The molecule has 0 unspecified atom stereocenters. The molecule has 0 amide bonds. The number of para-hydroxylation sites is 2.